The highest BCUT2D eigenvalue weighted by Crippen LogP contribution is 2.32. The van der Waals surface area contributed by atoms with E-state index in [-0.39, 0.29) is 6.04 Å². The summed E-state index contributed by atoms with van der Waals surface area (Å²) in [5, 5.41) is 0. The third-order valence-corrected chi connectivity index (χ3v) is 3.93. The molecule has 0 aromatic carbocycles. The Hall–Kier alpha value is -0.380. The maximum absolute atomic E-state index is 6.21. The molecule has 78 valence electrons. The molecule has 0 saturated carbocycles. The molecule has 1 aliphatic heterocycles. The van der Waals surface area contributed by atoms with Crippen LogP contribution >= 0.6 is 11.3 Å². The lowest BCUT2D eigenvalue weighted by Gasteiger charge is -2.15. The van der Waals surface area contributed by atoms with E-state index in [1.807, 2.05) is 0 Å². The predicted molar refractivity (Wildman–Crippen MR) is 59.5 cm³/mol. The van der Waals surface area contributed by atoms with E-state index in [0.717, 1.165) is 13.0 Å². The van der Waals surface area contributed by atoms with Crippen molar-refractivity contribution in [3.8, 4) is 0 Å². The molecular weight excluding hydrogens is 194 g/mol. The SMILES string of the molecule is Cc1ccc(C(N)C2COC(C)C2)s1. The first kappa shape index (κ1) is 10.1. The molecule has 2 rings (SSSR count). The first-order valence-corrected chi connectivity index (χ1v) is 5.92. The molecular formula is C11H17NOS. The molecule has 0 radical (unpaired) electrons. The Bertz CT molecular complexity index is 310. The number of hydrogen-bond donors (Lipinski definition) is 1. The van der Waals surface area contributed by atoms with Gasteiger partial charge in [0.05, 0.1) is 12.7 Å². The Kier molecular flexibility index (Phi) is 2.91. The molecule has 1 aromatic heterocycles. The van der Waals surface area contributed by atoms with Gasteiger partial charge in [-0.05, 0) is 32.4 Å². The molecule has 2 N–H and O–H groups in total. The van der Waals surface area contributed by atoms with E-state index in [9.17, 15) is 0 Å². The van der Waals surface area contributed by atoms with Crippen LogP contribution in [0.2, 0.25) is 0 Å². The molecule has 3 unspecified atom stereocenters. The van der Waals surface area contributed by atoms with E-state index in [0.29, 0.717) is 12.0 Å². The van der Waals surface area contributed by atoms with Crippen molar-refractivity contribution < 1.29 is 4.74 Å². The molecule has 0 aliphatic carbocycles. The summed E-state index contributed by atoms with van der Waals surface area (Å²) >= 11 is 1.80. The van der Waals surface area contributed by atoms with Gasteiger partial charge in [0, 0.05) is 21.7 Å². The van der Waals surface area contributed by atoms with Gasteiger partial charge in [0.1, 0.15) is 0 Å². The van der Waals surface area contributed by atoms with Crippen LogP contribution < -0.4 is 5.73 Å². The monoisotopic (exact) mass is 211 g/mol. The van der Waals surface area contributed by atoms with E-state index >= 15 is 0 Å². The van der Waals surface area contributed by atoms with Gasteiger partial charge in [-0.3, -0.25) is 0 Å². The van der Waals surface area contributed by atoms with E-state index in [2.05, 4.69) is 26.0 Å². The van der Waals surface area contributed by atoms with Crippen LogP contribution in [0.25, 0.3) is 0 Å². The van der Waals surface area contributed by atoms with E-state index in [1.54, 1.807) is 11.3 Å². The second-order valence-corrected chi connectivity index (χ2v) is 5.43. The van der Waals surface area contributed by atoms with Crippen molar-refractivity contribution in [2.45, 2.75) is 32.4 Å². The highest BCUT2D eigenvalue weighted by Gasteiger charge is 2.28. The van der Waals surface area contributed by atoms with Crippen LogP contribution in [-0.4, -0.2) is 12.7 Å². The molecule has 2 heterocycles. The number of thiophene rings is 1. The van der Waals surface area contributed by atoms with Crippen molar-refractivity contribution >= 4 is 11.3 Å². The topological polar surface area (TPSA) is 35.2 Å². The average molecular weight is 211 g/mol. The van der Waals surface area contributed by atoms with Crippen LogP contribution in [0.3, 0.4) is 0 Å². The molecule has 1 saturated heterocycles. The van der Waals surface area contributed by atoms with Crippen LogP contribution in [-0.2, 0) is 4.74 Å². The van der Waals surface area contributed by atoms with E-state index in [4.69, 9.17) is 10.5 Å². The highest BCUT2D eigenvalue weighted by atomic mass is 32.1. The van der Waals surface area contributed by atoms with Gasteiger partial charge in [-0.1, -0.05) is 0 Å². The molecule has 1 fully saturated rings. The number of ether oxygens (including phenoxy) is 1. The van der Waals surface area contributed by atoms with E-state index in [1.165, 1.54) is 9.75 Å². The lowest BCUT2D eigenvalue weighted by Crippen LogP contribution is -2.20. The van der Waals surface area contributed by atoms with Gasteiger partial charge in [0.15, 0.2) is 0 Å². The average Bonchev–Trinajstić information content (AvgIpc) is 2.73. The van der Waals surface area contributed by atoms with Crippen molar-refractivity contribution in [3.05, 3.63) is 21.9 Å². The summed E-state index contributed by atoms with van der Waals surface area (Å²) in [5.74, 6) is 0.503. The van der Waals surface area contributed by atoms with Crippen LogP contribution in [0.4, 0.5) is 0 Å². The molecule has 3 heteroatoms. The first-order valence-electron chi connectivity index (χ1n) is 5.10. The third kappa shape index (κ3) is 2.00. The van der Waals surface area contributed by atoms with Gasteiger partial charge in [0.2, 0.25) is 0 Å². The Morgan fingerprint density at radius 1 is 1.57 bits per heavy atom. The molecule has 0 amide bonds. The largest absolute Gasteiger partial charge is 0.378 e. The zero-order valence-corrected chi connectivity index (χ0v) is 9.51. The Balaban J connectivity index is 2.05. The molecule has 3 atom stereocenters. The minimum Gasteiger partial charge on any atom is -0.378 e. The van der Waals surface area contributed by atoms with Crippen molar-refractivity contribution in [2.75, 3.05) is 6.61 Å². The third-order valence-electron chi connectivity index (χ3n) is 2.83. The highest BCUT2D eigenvalue weighted by molar-refractivity contribution is 7.12. The molecule has 2 nitrogen and oxygen atoms in total. The maximum atomic E-state index is 6.21. The number of hydrogen-bond acceptors (Lipinski definition) is 3. The maximum Gasteiger partial charge on any atom is 0.0551 e. The fourth-order valence-corrected chi connectivity index (χ4v) is 2.94. The molecule has 0 spiro atoms. The number of nitrogens with two attached hydrogens (primary N) is 1. The van der Waals surface area contributed by atoms with Gasteiger partial charge < -0.3 is 10.5 Å². The first-order chi connectivity index (χ1) is 6.66. The van der Waals surface area contributed by atoms with E-state index < -0.39 is 0 Å². The zero-order valence-electron chi connectivity index (χ0n) is 8.69. The Labute approximate surface area is 89.1 Å². The summed E-state index contributed by atoms with van der Waals surface area (Å²) in [4.78, 5) is 2.63. The fourth-order valence-electron chi connectivity index (χ4n) is 1.97. The quantitative estimate of drug-likeness (QED) is 0.815. The normalized spacial score (nSPS) is 29.4. The van der Waals surface area contributed by atoms with Gasteiger partial charge in [-0.2, -0.15) is 0 Å². The van der Waals surface area contributed by atoms with Crippen molar-refractivity contribution in [1.82, 2.24) is 0 Å². The Morgan fingerprint density at radius 3 is 2.86 bits per heavy atom. The minimum absolute atomic E-state index is 0.165. The van der Waals surface area contributed by atoms with Crippen LogP contribution in [0.5, 0.6) is 0 Å². The standard InChI is InChI=1S/C11H17NOS/c1-7-5-9(6-13-7)11(12)10-4-3-8(2)14-10/h3-4,7,9,11H,5-6,12H2,1-2H3. The molecule has 1 aliphatic rings. The second-order valence-electron chi connectivity index (χ2n) is 4.11. The molecule has 0 bridgehead atoms. The smallest absolute Gasteiger partial charge is 0.0551 e. The van der Waals surface area contributed by atoms with Crippen molar-refractivity contribution in [2.24, 2.45) is 11.7 Å². The van der Waals surface area contributed by atoms with Crippen LogP contribution in [0.1, 0.15) is 29.1 Å². The van der Waals surface area contributed by atoms with Crippen molar-refractivity contribution in [3.63, 3.8) is 0 Å². The lowest BCUT2D eigenvalue weighted by molar-refractivity contribution is 0.118. The van der Waals surface area contributed by atoms with Gasteiger partial charge in [-0.15, -0.1) is 11.3 Å². The summed E-state index contributed by atoms with van der Waals surface area (Å²) in [5.41, 5.74) is 6.21. The van der Waals surface area contributed by atoms with Gasteiger partial charge in [0.25, 0.3) is 0 Å². The minimum atomic E-state index is 0.165. The lowest BCUT2D eigenvalue weighted by atomic mass is 9.97. The summed E-state index contributed by atoms with van der Waals surface area (Å²) in [6, 6.07) is 4.45. The summed E-state index contributed by atoms with van der Waals surface area (Å²) in [7, 11) is 0. The predicted octanol–water partition coefficient (Wildman–Crippen LogP) is 2.48. The second kappa shape index (κ2) is 4.01. The van der Waals surface area contributed by atoms with Gasteiger partial charge in [-0.25, -0.2) is 0 Å². The van der Waals surface area contributed by atoms with Crippen LogP contribution in [0, 0.1) is 12.8 Å². The summed E-state index contributed by atoms with van der Waals surface area (Å²) in [6.45, 7) is 5.06. The molecule has 1 aromatic rings. The van der Waals surface area contributed by atoms with Gasteiger partial charge >= 0.3 is 0 Å². The summed E-state index contributed by atoms with van der Waals surface area (Å²) in [6.07, 6.45) is 1.48. The number of rotatable bonds is 2. The number of aryl methyl sites for hydroxylation is 1. The zero-order chi connectivity index (χ0) is 10.1. The van der Waals surface area contributed by atoms with Crippen molar-refractivity contribution in [1.29, 1.82) is 0 Å². The molecule has 14 heavy (non-hydrogen) atoms. The van der Waals surface area contributed by atoms with Crippen LogP contribution in [0.15, 0.2) is 12.1 Å². The summed E-state index contributed by atoms with van der Waals surface area (Å²) < 4.78 is 5.54. The Morgan fingerprint density at radius 2 is 2.36 bits per heavy atom. The fraction of sp³-hybridized carbons (Fsp3) is 0.636.